The minimum Gasteiger partial charge on any atom is -0.461 e. The van der Waals surface area contributed by atoms with E-state index in [1.807, 2.05) is 32.0 Å². The van der Waals surface area contributed by atoms with Crippen molar-refractivity contribution in [3.8, 4) is 0 Å². The van der Waals surface area contributed by atoms with E-state index in [9.17, 15) is 14.4 Å². The molecule has 0 bridgehead atoms. The Hall–Kier alpha value is -3.09. The summed E-state index contributed by atoms with van der Waals surface area (Å²) >= 11 is 0. The first kappa shape index (κ1) is 22.6. The normalized spacial score (nSPS) is 25.7. The maximum Gasteiger partial charge on any atom is 0.408 e. The average Bonchev–Trinajstić information content (AvgIpc) is 3.35. The average molecular weight is 427 g/mol. The summed E-state index contributed by atoms with van der Waals surface area (Å²) < 4.78 is 15.9. The monoisotopic (exact) mass is 427 g/mol. The highest BCUT2D eigenvalue weighted by molar-refractivity contribution is 5.90. The summed E-state index contributed by atoms with van der Waals surface area (Å²) in [6.45, 7) is 11.2. The Labute approximate surface area is 182 Å². The fourth-order valence-electron chi connectivity index (χ4n) is 4.74. The van der Waals surface area contributed by atoms with Crippen molar-refractivity contribution >= 4 is 18.0 Å². The zero-order valence-corrected chi connectivity index (χ0v) is 18.0. The van der Waals surface area contributed by atoms with Crippen LogP contribution < -0.4 is 5.32 Å². The van der Waals surface area contributed by atoms with Crippen LogP contribution in [0.2, 0.25) is 0 Å². The van der Waals surface area contributed by atoms with Crippen molar-refractivity contribution in [3.63, 3.8) is 0 Å². The van der Waals surface area contributed by atoms with Gasteiger partial charge in [-0.15, -0.1) is 0 Å². The van der Waals surface area contributed by atoms with E-state index >= 15 is 0 Å². The van der Waals surface area contributed by atoms with Gasteiger partial charge >= 0.3 is 18.0 Å². The molecule has 1 N–H and O–H groups in total. The van der Waals surface area contributed by atoms with E-state index in [-0.39, 0.29) is 37.6 Å². The molecule has 0 unspecified atom stereocenters. The minimum atomic E-state index is -1.32. The number of hydrogen-bond acceptors (Lipinski definition) is 6. The highest BCUT2D eigenvalue weighted by atomic mass is 16.6. The SMILES string of the molecule is C=CCOC(=O)N[C@@]1(C(=O)OCc2cc(C)cc(C)c2)CC[C@H]2[C@H](C(=O)OCC=C)[C@H]21. The largest absolute Gasteiger partial charge is 0.461 e. The van der Waals surface area contributed by atoms with Crippen LogP contribution in [0.4, 0.5) is 4.79 Å². The fraction of sp³-hybridized carbons (Fsp3) is 0.458. The van der Waals surface area contributed by atoms with E-state index in [1.54, 1.807) is 0 Å². The molecule has 166 valence electrons. The van der Waals surface area contributed by atoms with Gasteiger partial charge in [0.05, 0.1) is 5.92 Å². The van der Waals surface area contributed by atoms with Gasteiger partial charge in [-0.05, 0) is 38.2 Å². The molecule has 0 heterocycles. The van der Waals surface area contributed by atoms with E-state index < -0.39 is 23.5 Å². The molecule has 31 heavy (non-hydrogen) atoms. The van der Waals surface area contributed by atoms with Crippen LogP contribution in [0, 0.1) is 31.6 Å². The number of ether oxygens (including phenoxy) is 3. The Bertz CT molecular complexity index is 874. The summed E-state index contributed by atoms with van der Waals surface area (Å²) in [6, 6.07) is 5.93. The van der Waals surface area contributed by atoms with Gasteiger partial charge in [0.15, 0.2) is 0 Å². The summed E-state index contributed by atoms with van der Waals surface area (Å²) in [4.78, 5) is 38.0. The summed E-state index contributed by atoms with van der Waals surface area (Å²) in [5.41, 5.74) is 1.68. The van der Waals surface area contributed by atoms with Gasteiger partial charge in [0.2, 0.25) is 0 Å². The molecule has 2 saturated carbocycles. The molecule has 2 aliphatic rings. The zero-order chi connectivity index (χ0) is 22.6. The number of benzene rings is 1. The number of nitrogens with one attached hydrogen (secondary N) is 1. The summed E-state index contributed by atoms with van der Waals surface area (Å²) in [5, 5.41) is 2.71. The maximum atomic E-state index is 13.3. The number of rotatable bonds is 9. The lowest BCUT2D eigenvalue weighted by Gasteiger charge is -2.30. The van der Waals surface area contributed by atoms with Crippen molar-refractivity contribution in [2.45, 2.75) is 38.8 Å². The van der Waals surface area contributed by atoms with Gasteiger partial charge in [0, 0.05) is 5.92 Å². The van der Waals surface area contributed by atoms with E-state index in [0.717, 1.165) is 16.7 Å². The van der Waals surface area contributed by atoms with E-state index in [2.05, 4.69) is 18.5 Å². The lowest BCUT2D eigenvalue weighted by molar-refractivity contribution is -0.155. The molecule has 2 fully saturated rings. The lowest BCUT2D eigenvalue weighted by atomic mass is 9.90. The van der Waals surface area contributed by atoms with Crippen LogP contribution in [0.5, 0.6) is 0 Å². The van der Waals surface area contributed by atoms with Gasteiger partial charge in [0.1, 0.15) is 25.4 Å². The number of fused-ring (bicyclic) bond motifs is 1. The van der Waals surface area contributed by atoms with Crippen LogP contribution in [0.25, 0.3) is 0 Å². The van der Waals surface area contributed by atoms with Crippen molar-refractivity contribution in [3.05, 3.63) is 60.2 Å². The van der Waals surface area contributed by atoms with Crippen LogP contribution in [0.3, 0.4) is 0 Å². The summed E-state index contributed by atoms with van der Waals surface area (Å²) in [6.07, 6.45) is 3.18. The van der Waals surface area contributed by atoms with Crippen molar-refractivity contribution in [1.29, 1.82) is 0 Å². The topological polar surface area (TPSA) is 90.9 Å². The number of amides is 1. The standard InChI is InChI=1S/C24H29NO6/c1-5-9-29-21(26)19-18-7-8-24(20(18)19,25-23(28)30-10-6-2)22(27)31-14-17-12-15(3)11-16(4)13-17/h5-6,11-13,18-20H,1-2,7-10,14H2,3-4H3,(H,25,28)/t18-,19-,20-,24-/m0/s1. The fourth-order valence-corrected chi connectivity index (χ4v) is 4.74. The number of hydrogen-bond donors (Lipinski definition) is 1. The second-order valence-electron chi connectivity index (χ2n) is 8.23. The van der Waals surface area contributed by atoms with Gasteiger partial charge in [-0.2, -0.15) is 0 Å². The third kappa shape index (κ3) is 4.81. The van der Waals surface area contributed by atoms with Gasteiger partial charge in [0.25, 0.3) is 0 Å². The molecule has 2 aliphatic carbocycles. The van der Waals surface area contributed by atoms with Gasteiger partial charge in [-0.1, -0.05) is 54.6 Å². The second kappa shape index (κ2) is 9.37. The van der Waals surface area contributed by atoms with Gasteiger partial charge < -0.3 is 19.5 Å². The molecule has 4 atom stereocenters. The first-order valence-corrected chi connectivity index (χ1v) is 10.4. The van der Waals surface area contributed by atoms with Crippen LogP contribution in [-0.2, 0) is 30.4 Å². The molecule has 0 radical (unpaired) electrons. The highest BCUT2D eigenvalue weighted by Crippen LogP contribution is 2.63. The lowest BCUT2D eigenvalue weighted by Crippen LogP contribution is -2.56. The molecule has 1 amide bonds. The Kier molecular flexibility index (Phi) is 6.83. The van der Waals surface area contributed by atoms with Crippen molar-refractivity contribution < 1.29 is 28.6 Å². The van der Waals surface area contributed by atoms with Crippen molar-refractivity contribution in [1.82, 2.24) is 5.32 Å². The number of carbonyl (C=O) groups excluding carboxylic acids is 3. The molecule has 1 aromatic carbocycles. The quantitative estimate of drug-likeness (QED) is 0.369. The summed E-state index contributed by atoms with van der Waals surface area (Å²) in [7, 11) is 0. The number of esters is 2. The third-order valence-corrected chi connectivity index (χ3v) is 5.90. The summed E-state index contributed by atoms with van der Waals surface area (Å²) in [5.74, 6) is -1.82. The van der Waals surface area contributed by atoms with Crippen LogP contribution in [-0.4, -0.2) is 36.8 Å². The Morgan fingerprint density at radius 1 is 1.06 bits per heavy atom. The molecule has 0 aliphatic heterocycles. The van der Waals surface area contributed by atoms with Crippen molar-refractivity contribution in [2.75, 3.05) is 13.2 Å². The van der Waals surface area contributed by atoms with Crippen LogP contribution >= 0.6 is 0 Å². The maximum absolute atomic E-state index is 13.3. The molecule has 7 heteroatoms. The first-order chi connectivity index (χ1) is 14.8. The van der Waals surface area contributed by atoms with E-state index in [1.165, 1.54) is 12.2 Å². The predicted molar refractivity (Wildman–Crippen MR) is 114 cm³/mol. The first-order valence-electron chi connectivity index (χ1n) is 10.4. The van der Waals surface area contributed by atoms with E-state index in [0.29, 0.717) is 12.8 Å². The molecule has 3 rings (SSSR count). The number of aryl methyl sites for hydroxylation is 2. The molecule has 0 saturated heterocycles. The van der Waals surface area contributed by atoms with Crippen molar-refractivity contribution in [2.24, 2.45) is 17.8 Å². The predicted octanol–water partition coefficient (Wildman–Crippen LogP) is 3.38. The molecular formula is C24H29NO6. The number of alkyl carbamates (subject to hydrolysis) is 1. The Balaban J connectivity index is 1.77. The minimum absolute atomic E-state index is 0.0123. The third-order valence-electron chi connectivity index (χ3n) is 5.90. The smallest absolute Gasteiger partial charge is 0.408 e. The van der Waals surface area contributed by atoms with Gasteiger partial charge in [-0.25, -0.2) is 9.59 Å². The molecule has 1 aromatic rings. The van der Waals surface area contributed by atoms with E-state index in [4.69, 9.17) is 14.2 Å². The van der Waals surface area contributed by atoms with Crippen LogP contribution in [0.15, 0.2) is 43.5 Å². The zero-order valence-electron chi connectivity index (χ0n) is 18.0. The molecule has 0 spiro atoms. The molecule has 0 aromatic heterocycles. The molecular weight excluding hydrogens is 398 g/mol. The van der Waals surface area contributed by atoms with Crippen LogP contribution in [0.1, 0.15) is 29.5 Å². The Morgan fingerprint density at radius 3 is 2.35 bits per heavy atom. The highest BCUT2D eigenvalue weighted by Gasteiger charge is 2.72. The molecule has 7 nitrogen and oxygen atoms in total. The van der Waals surface area contributed by atoms with Gasteiger partial charge in [-0.3, -0.25) is 4.79 Å². The second-order valence-corrected chi connectivity index (χ2v) is 8.23. The Morgan fingerprint density at radius 2 is 1.71 bits per heavy atom. The number of carbonyl (C=O) groups is 3.